The largest absolute Gasteiger partial charge is 0.357 e. The number of anilines is 1. The molecule has 0 spiro atoms. The fourth-order valence-electron chi connectivity index (χ4n) is 4.97. The molecule has 224 valence electrons. The van der Waals surface area contributed by atoms with Gasteiger partial charge in [0.25, 0.3) is 10.0 Å². The van der Waals surface area contributed by atoms with Gasteiger partial charge in [0.2, 0.25) is 11.8 Å². The van der Waals surface area contributed by atoms with Gasteiger partial charge in [0.1, 0.15) is 12.6 Å². The van der Waals surface area contributed by atoms with E-state index in [1.54, 1.807) is 42.5 Å². The van der Waals surface area contributed by atoms with E-state index in [-0.39, 0.29) is 23.8 Å². The minimum absolute atomic E-state index is 0.00866. The second-order valence-corrected chi connectivity index (χ2v) is 12.8. The third-order valence-electron chi connectivity index (χ3n) is 7.32. The monoisotopic (exact) mass is 617 g/mol. The molecule has 0 aliphatic heterocycles. The zero-order valence-electron chi connectivity index (χ0n) is 24.7. The molecule has 4 rings (SSSR count). The first-order chi connectivity index (χ1) is 20.5. The highest BCUT2D eigenvalue weighted by molar-refractivity contribution is 7.92. The maximum atomic E-state index is 14.4. The molecule has 2 amide bonds. The molecule has 1 N–H and O–H groups in total. The molecule has 0 aliphatic rings. The smallest absolute Gasteiger partial charge is 0.264 e. The number of amides is 2. The number of hydrogen-bond donors (Lipinski definition) is 1. The zero-order valence-corrected chi connectivity index (χ0v) is 26.3. The van der Waals surface area contributed by atoms with Gasteiger partial charge < -0.3 is 10.2 Å². The zero-order chi connectivity index (χ0) is 31.1. The molecule has 0 aliphatic carbocycles. The van der Waals surface area contributed by atoms with E-state index in [9.17, 15) is 18.0 Å². The van der Waals surface area contributed by atoms with E-state index >= 15 is 0 Å². The standard InChI is InChI=1S/C34H36ClN3O4S/c1-24-14-17-29(18-15-24)43(41,42)38(31-19-16-25(2)20-26(31)3)23-33(39)37(22-28-12-8-9-13-30(28)35)32(34(40)36-4)21-27-10-6-5-7-11-27/h5-20,32H,21-23H2,1-4H3,(H,36,40). The predicted octanol–water partition coefficient (Wildman–Crippen LogP) is 5.85. The minimum Gasteiger partial charge on any atom is -0.357 e. The fraction of sp³-hybridized carbons (Fsp3) is 0.235. The summed E-state index contributed by atoms with van der Waals surface area (Å²) in [6.07, 6.45) is 0.227. The average molecular weight is 618 g/mol. The number of aryl methyl sites for hydroxylation is 3. The van der Waals surface area contributed by atoms with Crippen molar-refractivity contribution in [3.8, 4) is 0 Å². The van der Waals surface area contributed by atoms with Crippen LogP contribution in [0.25, 0.3) is 0 Å². The minimum atomic E-state index is -4.17. The van der Waals surface area contributed by atoms with Crippen LogP contribution in [0.5, 0.6) is 0 Å². The molecule has 9 heteroatoms. The predicted molar refractivity (Wildman–Crippen MR) is 172 cm³/mol. The van der Waals surface area contributed by atoms with Gasteiger partial charge in [0.15, 0.2) is 0 Å². The van der Waals surface area contributed by atoms with E-state index in [0.717, 1.165) is 21.0 Å². The third-order valence-corrected chi connectivity index (χ3v) is 9.47. The second kappa shape index (κ2) is 13.9. The number of halogens is 1. The number of benzene rings is 4. The molecule has 7 nitrogen and oxygen atoms in total. The van der Waals surface area contributed by atoms with Crippen molar-refractivity contribution in [3.05, 3.63) is 130 Å². The molecule has 4 aromatic carbocycles. The Morgan fingerprint density at radius 2 is 1.47 bits per heavy atom. The van der Waals surface area contributed by atoms with Crippen LogP contribution in [0.2, 0.25) is 5.02 Å². The van der Waals surface area contributed by atoms with Crippen LogP contribution in [0.1, 0.15) is 27.8 Å². The van der Waals surface area contributed by atoms with E-state index in [2.05, 4.69) is 5.32 Å². The van der Waals surface area contributed by atoms with Crippen molar-refractivity contribution in [3.63, 3.8) is 0 Å². The molecule has 0 fully saturated rings. The lowest BCUT2D eigenvalue weighted by atomic mass is 10.0. The van der Waals surface area contributed by atoms with Gasteiger partial charge in [-0.05, 0) is 61.7 Å². The fourth-order valence-corrected chi connectivity index (χ4v) is 6.64. The summed E-state index contributed by atoms with van der Waals surface area (Å²) in [5.41, 5.74) is 4.45. The van der Waals surface area contributed by atoms with Crippen molar-refractivity contribution in [2.75, 3.05) is 17.9 Å². The van der Waals surface area contributed by atoms with Gasteiger partial charge in [-0.1, -0.05) is 95.5 Å². The van der Waals surface area contributed by atoms with E-state index in [1.165, 1.54) is 24.1 Å². The molecule has 0 radical (unpaired) electrons. The third kappa shape index (κ3) is 7.63. The van der Waals surface area contributed by atoms with Crippen molar-refractivity contribution >= 4 is 39.1 Å². The van der Waals surface area contributed by atoms with Crippen LogP contribution < -0.4 is 9.62 Å². The molecule has 1 atom stereocenters. The summed E-state index contributed by atoms with van der Waals surface area (Å²) in [6.45, 7) is 5.10. The van der Waals surface area contributed by atoms with E-state index in [1.807, 2.05) is 63.2 Å². The lowest BCUT2D eigenvalue weighted by Gasteiger charge is -2.34. The van der Waals surface area contributed by atoms with Crippen LogP contribution in [0.3, 0.4) is 0 Å². The van der Waals surface area contributed by atoms with Crippen LogP contribution in [-0.4, -0.2) is 44.8 Å². The summed E-state index contributed by atoms with van der Waals surface area (Å²) in [5.74, 6) is -0.913. The van der Waals surface area contributed by atoms with E-state index in [0.29, 0.717) is 21.8 Å². The van der Waals surface area contributed by atoms with Gasteiger partial charge in [0, 0.05) is 25.0 Å². The first kappa shape index (κ1) is 31.8. The van der Waals surface area contributed by atoms with Crippen molar-refractivity contribution in [1.29, 1.82) is 0 Å². The van der Waals surface area contributed by atoms with Crippen LogP contribution in [0.4, 0.5) is 5.69 Å². The highest BCUT2D eigenvalue weighted by atomic mass is 35.5. The number of nitrogens with zero attached hydrogens (tertiary/aromatic N) is 2. The number of likely N-dealkylation sites (N-methyl/N-ethyl adjacent to an activating group) is 1. The molecular formula is C34H36ClN3O4S. The SMILES string of the molecule is CNC(=O)C(Cc1ccccc1)N(Cc1ccccc1Cl)C(=O)CN(c1ccc(C)cc1C)S(=O)(=O)c1ccc(C)cc1. The van der Waals surface area contributed by atoms with Crippen molar-refractivity contribution in [1.82, 2.24) is 10.2 Å². The first-order valence-corrected chi connectivity index (χ1v) is 15.8. The Morgan fingerprint density at radius 3 is 2.09 bits per heavy atom. The summed E-state index contributed by atoms with van der Waals surface area (Å²) < 4.78 is 29.5. The molecule has 4 aromatic rings. The van der Waals surface area contributed by atoms with Crippen LogP contribution in [0.15, 0.2) is 102 Å². The molecule has 1 unspecified atom stereocenters. The van der Waals surface area contributed by atoms with E-state index in [4.69, 9.17) is 11.6 Å². The van der Waals surface area contributed by atoms with Crippen LogP contribution >= 0.6 is 11.6 Å². The quantitative estimate of drug-likeness (QED) is 0.229. The molecule has 0 saturated carbocycles. The van der Waals surface area contributed by atoms with Gasteiger partial charge in [-0.3, -0.25) is 13.9 Å². The number of carbonyl (C=O) groups is 2. The number of hydrogen-bond acceptors (Lipinski definition) is 4. The summed E-state index contributed by atoms with van der Waals surface area (Å²) in [6, 6.07) is 27.5. The Kier molecular flexibility index (Phi) is 10.3. The van der Waals surface area contributed by atoms with Gasteiger partial charge in [-0.2, -0.15) is 0 Å². The summed E-state index contributed by atoms with van der Waals surface area (Å²) in [4.78, 5) is 29.3. The molecular weight excluding hydrogens is 582 g/mol. The average Bonchev–Trinajstić information content (AvgIpc) is 2.99. The second-order valence-electron chi connectivity index (χ2n) is 10.5. The first-order valence-electron chi connectivity index (χ1n) is 14.0. The normalized spacial score (nSPS) is 11.9. The highest BCUT2D eigenvalue weighted by Gasteiger charge is 2.35. The molecule has 43 heavy (non-hydrogen) atoms. The van der Waals surface area contributed by atoms with Crippen LogP contribution in [0, 0.1) is 20.8 Å². The summed E-state index contributed by atoms with van der Waals surface area (Å²) >= 11 is 6.51. The molecule has 0 heterocycles. The Balaban J connectivity index is 1.82. The van der Waals surface area contributed by atoms with Gasteiger partial charge >= 0.3 is 0 Å². The number of carbonyl (C=O) groups excluding carboxylic acids is 2. The Bertz CT molecular complexity index is 1690. The van der Waals surface area contributed by atoms with Crippen molar-refractivity contribution in [2.45, 2.75) is 44.7 Å². The van der Waals surface area contributed by atoms with Gasteiger partial charge in [-0.15, -0.1) is 0 Å². The summed E-state index contributed by atoms with van der Waals surface area (Å²) in [5, 5.41) is 3.12. The Hall–Kier alpha value is -4.14. The lowest BCUT2D eigenvalue weighted by Crippen LogP contribution is -2.53. The molecule has 0 bridgehead atoms. The van der Waals surface area contributed by atoms with Gasteiger partial charge in [-0.25, -0.2) is 8.42 Å². The number of rotatable bonds is 11. The molecule has 0 saturated heterocycles. The van der Waals surface area contributed by atoms with Crippen LogP contribution in [-0.2, 0) is 32.6 Å². The van der Waals surface area contributed by atoms with Gasteiger partial charge in [0.05, 0.1) is 10.6 Å². The maximum absolute atomic E-state index is 14.4. The number of sulfonamides is 1. The topological polar surface area (TPSA) is 86.8 Å². The molecule has 0 aromatic heterocycles. The van der Waals surface area contributed by atoms with Crippen molar-refractivity contribution < 1.29 is 18.0 Å². The Morgan fingerprint density at radius 1 is 0.837 bits per heavy atom. The maximum Gasteiger partial charge on any atom is 0.264 e. The van der Waals surface area contributed by atoms with Crippen molar-refractivity contribution in [2.24, 2.45) is 0 Å². The van der Waals surface area contributed by atoms with E-state index < -0.39 is 28.5 Å². The number of nitrogens with one attached hydrogen (secondary N) is 1. The lowest BCUT2D eigenvalue weighted by molar-refractivity contribution is -0.139. The summed E-state index contributed by atoms with van der Waals surface area (Å²) in [7, 11) is -2.65. The highest BCUT2D eigenvalue weighted by Crippen LogP contribution is 2.29. The Labute approximate surface area is 259 Å².